The van der Waals surface area contributed by atoms with E-state index in [0.29, 0.717) is 6.10 Å². The van der Waals surface area contributed by atoms with Gasteiger partial charge in [0.25, 0.3) is 0 Å². The Hall–Kier alpha value is -0.770. The summed E-state index contributed by atoms with van der Waals surface area (Å²) in [4.78, 5) is 0. The molecule has 0 aromatic heterocycles. The fourth-order valence-corrected chi connectivity index (χ4v) is 3.06. The highest BCUT2D eigenvalue weighted by Gasteiger charge is 2.18. The van der Waals surface area contributed by atoms with Crippen LogP contribution in [0.15, 0.2) is 18.2 Å². The lowest BCUT2D eigenvalue weighted by Crippen LogP contribution is -2.23. The lowest BCUT2D eigenvalue weighted by molar-refractivity contribution is 0.00866. The topological polar surface area (TPSA) is 30.5 Å². The lowest BCUT2D eigenvalue weighted by Gasteiger charge is -2.25. The molecule has 1 aliphatic rings. The van der Waals surface area contributed by atoms with Crippen LogP contribution in [0.2, 0.25) is 5.02 Å². The average Bonchev–Trinajstić information content (AvgIpc) is 2.50. The van der Waals surface area contributed by atoms with Crippen LogP contribution in [0.25, 0.3) is 0 Å². The van der Waals surface area contributed by atoms with Gasteiger partial charge in [-0.05, 0) is 56.8 Å². The minimum Gasteiger partial charge on any atom is -0.497 e. The van der Waals surface area contributed by atoms with Crippen LogP contribution in [0.1, 0.15) is 43.7 Å². The quantitative estimate of drug-likeness (QED) is 0.862. The van der Waals surface area contributed by atoms with Crippen molar-refractivity contribution in [1.82, 2.24) is 5.32 Å². The molecule has 0 spiro atoms. The van der Waals surface area contributed by atoms with Crippen LogP contribution < -0.4 is 10.1 Å². The summed E-state index contributed by atoms with van der Waals surface area (Å²) in [6, 6.07) is 6.14. The molecule has 4 heteroatoms. The first kappa shape index (κ1) is 15.6. The van der Waals surface area contributed by atoms with Crippen molar-refractivity contribution in [3.8, 4) is 5.75 Å². The number of halogens is 1. The Morgan fingerprint density at radius 2 is 2.30 bits per heavy atom. The van der Waals surface area contributed by atoms with Gasteiger partial charge in [-0.15, -0.1) is 0 Å². The van der Waals surface area contributed by atoms with Crippen LogP contribution in [-0.4, -0.2) is 26.9 Å². The van der Waals surface area contributed by atoms with E-state index in [4.69, 9.17) is 21.1 Å². The van der Waals surface area contributed by atoms with E-state index < -0.39 is 0 Å². The summed E-state index contributed by atoms with van der Waals surface area (Å²) in [5, 5.41) is 4.11. The van der Waals surface area contributed by atoms with Gasteiger partial charge in [-0.2, -0.15) is 0 Å². The first-order valence-electron chi connectivity index (χ1n) is 7.37. The monoisotopic (exact) mass is 297 g/mol. The van der Waals surface area contributed by atoms with Crippen molar-refractivity contribution in [2.24, 2.45) is 0 Å². The summed E-state index contributed by atoms with van der Waals surface area (Å²) < 4.78 is 11.0. The summed E-state index contributed by atoms with van der Waals surface area (Å²) >= 11 is 6.35. The Morgan fingerprint density at radius 1 is 1.45 bits per heavy atom. The van der Waals surface area contributed by atoms with Crippen LogP contribution in [-0.2, 0) is 4.74 Å². The van der Waals surface area contributed by atoms with Crippen LogP contribution in [0.3, 0.4) is 0 Å². The molecule has 112 valence electrons. The van der Waals surface area contributed by atoms with Gasteiger partial charge in [-0.3, -0.25) is 0 Å². The Kier molecular flexibility index (Phi) is 6.14. The van der Waals surface area contributed by atoms with E-state index in [0.717, 1.165) is 35.8 Å². The third-order valence-electron chi connectivity index (χ3n) is 3.98. The summed E-state index contributed by atoms with van der Waals surface area (Å²) in [6.45, 7) is 0.915. The summed E-state index contributed by atoms with van der Waals surface area (Å²) in [7, 11) is 3.63. The maximum Gasteiger partial charge on any atom is 0.120 e. The van der Waals surface area contributed by atoms with Crippen molar-refractivity contribution in [2.75, 3.05) is 20.8 Å². The molecule has 1 aromatic carbocycles. The van der Waals surface area contributed by atoms with E-state index in [2.05, 4.69) is 5.32 Å². The number of benzene rings is 1. The molecular formula is C16H24ClNO2. The van der Waals surface area contributed by atoms with Crippen molar-refractivity contribution in [3.05, 3.63) is 28.8 Å². The zero-order valence-corrected chi connectivity index (χ0v) is 13.1. The molecular weight excluding hydrogens is 274 g/mol. The molecule has 2 rings (SSSR count). The molecule has 0 radical (unpaired) electrons. The number of hydrogen-bond donors (Lipinski definition) is 1. The summed E-state index contributed by atoms with van der Waals surface area (Å²) in [6.07, 6.45) is 6.21. The van der Waals surface area contributed by atoms with Gasteiger partial charge in [0.15, 0.2) is 0 Å². The number of rotatable bonds is 6. The van der Waals surface area contributed by atoms with E-state index in [1.165, 1.54) is 19.3 Å². The molecule has 1 heterocycles. The predicted molar refractivity (Wildman–Crippen MR) is 82.6 cm³/mol. The second kappa shape index (κ2) is 7.87. The maximum absolute atomic E-state index is 6.35. The van der Waals surface area contributed by atoms with Crippen LogP contribution in [0.4, 0.5) is 0 Å². The van der Waals surface area contributed by atoms with E-state index in [-0.39, 0.29) is 6.04 Å². The second-order valence-electron chi connectivity index (χ2n) is 5.29. The largest absolute Gasteiger partial charge is 0.497 e. The number of methoxy groups -OCH3 is 1. The second-order valence-corrected chi connectivity index (χ2v) is 5.70. The third kappa shape index (κ3) is 4.11. The molecule has 1 aliphatic heterocycles. The van der Waals surface area contributed by atoms with Crippen molar-refractivity contribution in [3.63, 3.8) is 0 Å². The van der Waals surface area contributed by atoms with Gasteiger partial charge in [0.1, 0.15) is 5.75 Å². The zero-order valence-electron chi connectivity index (χ0n) is 12.3. The van der Waals surface area contributed by atoms with E-state index in [9.17, 15) is 0 Å². The molecule has 20 heavy (non-hydrogen) atoms. The highest BCUT2D eigenvalue weighted by atomic mass is 35.5. The molecule has 3 nitrogen and oxygen atoms in total. The standard InChI is InChI=1S/C16H24ClNO2/c1-18-16(9-7-12-5-3-4-10-20-12)14-8-6-13(19-2)11-15(14)17/h6,8,11-12,16,18H,3-5,7,9-10H2,1-2H3. The van der Waals surface area contributed by atoms with Crippen molar-refractivity contribution >= 4 is 11.6 Å². The highest BCUT2D eigenvalue weighted by molar-refractivity contribution is 6.31. The molecule has 1 aromatic rings. The van der Waals surface area contributed by atoms with Crippen LogP contribution in [0, 0.1) is 0 Å². The first-order chi connectivity index (χ1) is 9.74. The molecule has 2 atom stereocenters. The van der Waals surface area contributed by atoms with Gasteiger partial charge in [0.2, 0.25) is 0 Å². The molecule has 0 amide bonds. The smallest absolute Gasteiger partial charge is 0.120 e. The van der Waals surface area contributed by atoms with Crippen molar-refractivity contribution < 1.29 is 9.47 Å². The molecule has 1 N–H and O–H groups in total. The molecule has 1 saturated heterocycles. The summed E-state index contributed by atoms with van der Waals surface area (Å²) in [5.74, 6) is 0.796. The van der Waals surface area contributed by atoms with Gasteiger partial charge in [-0.1, -0.05) is 17.7 Å². The SMILES string of the molecule is CNC(CCC1CCCCO1)c1ccc(OC)cc1Cl. The Morgan fingerprint density at radius 3 is 2.90 bits per heavy atom. The van der Waals surface area contributed by atoms with Crippen LogP contribution in [0.5, 0.6) is 5.75 Å². The van der Waals surface area contributed by atoms with Gasteiger partial charge in [0.05, 0.1) is 13.2 Å². The Labute approximate surface area is 126 Å². The molecule has 2 unspecified atom stereocenters. The number of nitrogens with one attached hydrogen (secondary N) is 1. The van der Waals surface area contributed by atoms with Gasteiger partial charge in [-0.25, -0.2) is 0 Å². The Bertz CT molecular complexity index is 419. The van der Waals surface area contributed by atoms with Gasteiger partial charge < -0.3 is 14.8 Å². The lowest BCUT2D eigenvalue weighted by atomic mass is 9.97. The molecule has 1 fully saturated rings. The molecule has 0 aliphatic carbocycles. The Balaban J connectivity index is 1.96. The fourth-order valence-electron chi connectivity index (χ4n) is 2.76. The van der Waals surface area contributed by atoms with Gasteiger partial charge in [0, 0.05) is 17.7 Å². The fraction of sp³-hybridized carbons (Fsp3) is 0.625. The van der Waals surface area contributed by atoms with E-state index in [1.807, 2.05) is 25.2 Å². The predicted octanol–water partition coefficient (Wildman–Crippen LogP) is 3.96. The van der Waals surface area contributed by atoms with Gasteiger partial charge >= 0.3 is 0 Å². The molecule has 0 saturated carbocycles. The summed E-state index contributed by atoms with van der Waals surface area (Å²) in [5.41, 5.74) is 1.13. The van der Waals surface area contributed by atoms with Crippen LogP contribution >= 0.6 is 11.6 Å². The minimum atomic E-state index is 0.263. The third-order valence-corrected chi connectivity index (χ3v) is 4.31. The van der Waals surface area contributed by atoms with E-state index >= 15 is 0 Å². The van der Waals surface area contributed by atoms with Crippen molar-refractivity contribution in [2.45, 2.75) is 44.2 Å². The number of hydrogen-bond acceptors (Lipinski definition) is 3. The highest BCUT2D eigenvalue weighted by Crippen LogP contribution is 2.30. The first-order valence-corrected chi connectivity index (χ1v) is 7.74. The van der Waals surface area contributed by atoms with E-state index in [1.54, 1.807) is 7.11 Å². The zero-order chi connectivity index (χ0) is 14.4. The maximum atomic E-state index is 6.35. The van der Waals surface area contributed by atoms with Crippen molar-refractivity contribution in [1.29, 1.82) is 0 Å². The minimum absolute atomic E-state index is 0.263. The number of ether oxygens (including phenoxy) is 2. The average molecular weight is 298 g/mol. The molecule has 0 bridgehead atoms. The normalized spacial score (nSPS) is 20.6.